The molecule has 0 rings (SSSR count). The van der Waals surface area contributed by atoms with Gasteiger partial charge in [0.05, 0.1) is 6.10 Å². The molecule has 0 aliphatic heterocycles. The van der Waals surface area contributed by atoms with E-state index in [0.29, 0.717) is 6.42 Å². The minimum absolute atomic E-state index is 0.366. The normalized spacial score (nSPS) is 15.1. The van der Waals surface area contributed by atoms with Crippen molar-refractivity contribution in [2.24, 2.45) is 5.73 Å². The van der Waals surface area contributed by atoms with Crippen LogP contribution in [0.4, 0.5) is 0 Å². The van der Waals surface area contributed by atoms with Crippen LogP contribution in [0.1, 0.15) is 26.7 Å². The molecule has 6 N–H and O–H groups in total. The molecule has 0 aliphatic carbocycles. The lowest BCUT2D eigenvalue weighted by atomic mass is 10.2. The fraction of sp³-hybridized carbons (Fsp3) is 0.800. The first kappa shape index (κ1) is 18.2. The molecule has 0 aromatic rings. The third-order valence-corrected chi connectivity index (χ3v) is 2.03. The lowest BCUT2D eigenvalue weighted by molar-refractivity contribution is -0.141. The molecule has 17 heavy (non-hydrogen) atoms. The Kier molecular flexibility index (Phi) is 10.7. The van der Waals surface area contributed by atoms with Gasteiger partial charge >= 0.3 is 11.9 Å². The summed E-state index contributed by atoms with van der Waals surface area (Å²) in [4.78, 5) is 20.1. The zero-order chi connectivity index (χ0) is 14.0. The number of hydrogen-bond acceptors (Lipinski definition) is 5. The van der Waals surface area contributed by atoms with E-state index in [1.807, 2.05) is 6.92 Å². The van der Waals surface area contributed by atoms with E-state index in [9.17, 15) is 9.59 Å². The van der Waals surface area contributed by atoms with Crippen LogP contribution in [0.15, 0.2) is 0 Å². The van der Waals surface area contributed by atoms with Gasteiger partial charge in [-0.25, -0.2) is 0 Å². The molecule has 0 aliphatic rings. The van der Waals surface area contributed by atoms with Crippen LogP contribution in [0.25, 0.3) is 0 Å². The third kappa shape index (κ3) is 9.73. The van der Waals surface area contributed by atoms with Gasteiger partial charge in [0, 0.05) is 0 Å². The lowest BCUT2D eigenvalue weighted by Gasteiger charge is -2.07. The molecule has 0 saturated carbocycles. The highest BCUT2D eigenvalue weighted by atomic mass is 16.4. The minimum atomic E-state index is -1.18. The number of nitrogens with one attached hydrogen (secondary N) is 1. The number of carboxylic acid groups (broad SMARTS) is 2. The lowest BCUT2D eigenvalue weighted by Crippen LogP contribution is -2.39. The summed E-state index contributed by atoms with van der Waals surface area (Å²) in [6.45, 7) is 3.30. The highest BCUT2D eigenvalue weighted by Crippen LogP contribution is 1.94. The summed E-state index contributed by atoms with van der Waals surface area (Å²) in [5, 5.41) is 27.7. The molecule has 3 atom stereocenters. The van der Waals surface area contributed by atoms with Crippen LogP contribution in [0.2, 0.25) is 0 Å². The highest BCUT2D eigenvalue weighted by molar-refractivity contribution is 5.73. The number of aliphatic hydroxyl groups is 1. The number of aliphatic carboxylic acids is 2. The van der Waals surface area contributed by atoms with Crippen molar-refractivity contribution in [1.82, 2.24) is 5.32 Å². The monoisotopic (exact) mass is 250 g/mol. The molecule has 0 saturated heterocycles. The molecule has 0 aromatic heterocycles. The minimum Gasteiger partial charge on any atom is -0.480 e. The molecule has 0 aromatic carbocycles. The first-order valence-corrected chi connectivity index (χ1v) is 5.34. The molecule has 0 radical (unpaired) electrons. The van der Waals surface area contributed by atoms with Crippen molar-refractivity contribution < 1.29 is 24.9 Å². The van der Waals surface area contributed by atoms with Crippen LogP contribution in [0, 0.1) is 0 Å². The number of likely N-dealkylation sites (N-methyl/N-ethyl adjacent to an activating group) is 1. The second-order valence-corrected chi connectivity index (χ2v) is 3.57. The van der Waals surface area contributed by atoms with Crippen molar-refractivity contribution in [3.8, 4) is 0 Å². The number of rotatable bonds is 6. The molecular formula is C10H22N2O5. The number of aliphatic hydroxyl groups excluding tert-OH is 1. The zero-order valence-electron chi connectivity index (χ0n) is 10.4. The van der Waals surface area contributed by atoms with Crippen molar-refractivity contribution in [2.75, 3.05) is 7.05 Å². The first-order valence-electron chi connectivity index (χ1n) is 5.34. The summed E-state index contributed by atoms with van der Waals surface area (Å²) in [6.07, 6.45) is 0.622. The van der Waals surface area contributed by atoms with Gasteiger partial charge in [-0.1, -0.05) is 13.3 Å². The van der Waals surface area contributed by atoms with Gasteiger partial charge < -0.3 is 26.4 Å². The maximum Gasteiger partial charge on any atom is 0.323 e. The second kappa shape index (κ2) is 10.0. The average Bonchev–Trinajstić information content (AvgIpc) is 2.24. The SMILES string of the molecule is CCC[C@H](NC)C(=O)O.C[C@H](O)[C@@H](N)C(=O)O. The van der Waals surface area contributed by atoms with Crippen LogP contribution >= 0.6 is 0 Å². The van der Waals surface area contributed by atoms with Gasteiger partial charge in [-0.3, -0.25) is 9.59 Å². The fourth-order valence-electron chi connectivity index (χ4n) is 0.886. The molecule has 0 spiro atoms. The van der Waals surface area contributed by atoms with E-state index < -0.39 is 24.1 Å². The summed E-state index contributed by atoms with van der Waals surface area (Å²) >= 11 is 0. The van der Waals surface area contributed by atoms with Gasteiger partial charge in [0.1, 0.15) is 12.1 Å². The average molecular weight is 250 g/mol. The second-order valence-electron chi connectivity index (χ2n) is 3.57. The topological polar surface area (TPSA) is 133 Å². The molecular weight excluding hydrogens is 228 g/mol. The quantitative estimate of drug-likeness (QED) is 0.418. The molecule has 0 fully saturated rings. The van der Waals surface area contributed by atoms with E-state index in [-0.39, 0.29) is 6.04 Å². The standard InChI is InChI=1S/C6H13NO2.C4H9NO3/c1-3-4-5(7-2)6(8)9;1-2(6)3(5)4(7)8/h5,7H,3-4H2,1-2H3,(H,8,9);2-3,6H,5H2,1H3,(H,7,8)/t5-;2-,3+/m00/s1. The van der Waals surface area contributed by atoms with Crippen LogP contribution in [-0.4, -0.2) is 52.5 Å². The summed E-state index contributed by atoms with van der Waals surface area (Å²) in [6, 6.07) is -1.52. The van der Waals surface area contributed by atoms with E-state index in [2.05, 4.69) is 5.32 Å². The van der Waals surface area contributed by atoms with E-state index >= 15 is 0 Å². The van der Waals surface area contributed by atoms with Gasteiger partial charge in [-0.2, -0.15) is 0 Å². The predicted molar refractivity (Wildman–Crippen MR) is 62.7 cm³/mol. The maximum atomic E-state index is 10.3. The number of hydrogen-bond donors (Lipinski definition) is 5. The fourth-order valence-corrected chi connectivity index (χ4v) is 0.886. The number of nitrogens with two attached hydrogens (primary N) is 1. The van der Waals surface area contributed by atoms with Gasteiger partial charge in [0.15, 0.2) is 0 Å². The predicted octanol–water partition coefficient (Wildman–Crippen LogP) is -0.762. The van der Waals surface area contributed by atoms with E-state index in [0.717, 1.165) is 6.42 Å². The Balaban J connectivity index is 0. The molecule has 7 nitrogen and oxygen atoms in total. The highest BCUT2D eigenvalue weighted by Gasteiger charge is 2.16. The smallest absolute Gasteiger partial charge is 0.323 e. The summed E-state index contributed by atoms with van der Waals surface area (Å²) in [5.41, 5.74) is 4.91. The Bertz CT molecular complexity index is 233. The van der Waals surface area contributed by atoms with Crippen LogP contribution in [-0.2, 0) is 9.59 Å². The van der Waals surface area contributed by atoms with E-state index in [4.69, 9.17) is 21.1 Å². The zero-order valence-corrected chi connectivity index (χ0v) is 10.4. The molecule has 0 amide bonds. The van der Waals surface area contributed by atoms with Gasteiger partial charge in [0.25, 0.3) is 0 Å². The number of carboxylic acids is 2. The van der Waals surface area contributed by atoms with Crippen molar-refractivity contribution in [3.63, 3.8) is 0 Å². The van der Waals surface area contributed by atoms with E-state index in [1.165, 1.54) is 6.92 Å². The Morgan fingerprint density at radius 3 is 1.82 bits per heavy atom. The maximum absolute atomic E-state index is 10.3. The van der Waals surface area contributed by atoms with Crippen molar-refractivity contribution in [1.29, 1.82) is 0 Å². The molecule has 0 heterocycles. The van der Waals surface area contributed by atoms with Crippen molar-refractivity contribution in [2.45, 2.75) is 44.9 Å². The van der Waals surface area contributed by atoms with Crippen molar-refractivity contribution in [3.05, 3.63) is 0 Å². The first-order chi connectivity index (χ1) is 7.77. The summed E-state index contributed by atoms with van der Waals surface area (Å²) in [7, 11) is 1.66. The molecule has 0 unspecified atom stereocenters. The van der Waals surface area contributed by atoms with Crippen molar-refractivity contribution >= 4 is 11.9 Å². The summed E-state index contributed by atoms with van der Waals surface area (Å²) < 4.78 is 0. The summed E-state index contributed by atoms with van der Waals surface area (Å²) in [5.74, 6) is -1.95. The third-order valence-electron chi connectivity index (χ3n) is 2.03. The molecule has 0 bridgehead atoms. The Labute approximate surface area is 101 Å². The van der Waals surface area contributed by atoms with Gasteiger partial charge in [-0.05, 0) is 20.4 Å². The van der Waals surface area contributed by atoms with E-state index in [1.54, 1.807) is 7.05 Å². The van der Waals surface area contributed by atoms with Crippen LogP contribution < -0.4 is 11.1 Å². The molecule has 7 heteroatoms. The van der Waals surface area contributed by atoms with Gasteiger partial charge in [-0.15, -0.1) is 0 Å². The largest absolute Gasteiger partial charge is 0.480 e. The Hall–Kier alpha value is -1.18. The van der Waals surface area contributed by atoms with Gasteiger partial charge in [0.2, 0.25) is 0 Å². The Morgan fingerprint density at radius 1 is 1.29 bits per heavy atom. The van der Waals surface area contributed by atoms with Crippen LogP contribution in [0.5, 0.6) is 0 Å². The Morgan fingerprint density at radius 2 is 1.76 bits per heavy atom. The van der Waals surface area contributed by atoms with Crippen LogP contribution in [0.3, 0.4) is 0 Å². The molecule has 102 valence electrons. The number of carbonyl (C=O) groups is 2.